The van der Waals surface area contributed by atoms with Crippen LogP contribution < -0.4 is 20.1 Å². The molecule has 0 aliphatic carbocycles. The van der Waals surface area contributed by atoms with Crippen molar-refractivity contribution >= 4 is 23.6 Å². The number of nitrogens with one attached hydrogen (secondary N) is 2. The smallest absolute Gasteiger partial charge is 0.338 e. The van der Waals surface area contributed by atoms with Gasteiger partial charge in [0.1, 0.15) is 0 Å². The van der Waals surface area contributed by atoms with Gasteiger partial charge < -0.3 is 24.8 Å². The molecule has 26 heavy (non-hydrogen) atoms. The number of rotatable bonds is 6. The summed E-state index contributed by atoms with van der Waals surface area (Å²) in [6.07, 6.45) is -0.292. The molecule has 0 aromatic heterocycles. The molecule has 0 radical (unpaired) electrons. The molecule has 1 aliphatic heterocycles. The fourth-order valence-corrected chi connectivity index (χ4v) is 3.00. The highest BCUT2D eigenvalue weighted by atomic mass is 35.5. The number of hydrogen-bond donors (Lipinski definition) is 2. The first-order chi connectivity index (χ1) is 12.3. The molecule has 142 valence electrons. The summed E-state index contributed by atoms with van der Waals surface area (Å²) in [6, 6.07) is 2.19. The molecule has 1 heterocycles. The van der Waals surface area contributed by atoms with E-state index in [1.165, 1.54) is 7.11 Å². The molecule has 2 amide bonds. The Balaban J connectivity index is 2.54. The maximum absolute atomic E-state index is 12.6. The number of carbonyl (C=O) groups is 2. The van der Waals surface area contributed by atoms with Crippen molar-refractivity contribution in [2.24, 2.45) is 0 Å². The third kappa shape index (κ3) is 4.22. The van der Waals surface area contributed by atoms with Crippen molar-refractivity contribution in [1.82, 2.24) is 10.6 Å². The van der Waals surface area contributed by atoms with Crippen LogP contribution in [0.3, 0.4) is 0 Å². The van der Waals surface area contributed by atoms with Crippen LogP contribution in [0, 0.1) is 0 Å². The van der Waals surface area contributed by atoms with Crippen LogP contribution in [0.15, 0.2) is 23.4 Å². The topological polar surface area (TPSA) is 85.9 Å². The van der Waals surface area contributed by atoms with Gasteiger partial charge in [-0.3, -0.25) is 0 Å². The highest BCUT2D eigenvalue weighted by molar-refractivity contribution is 6.32. The lowest BCUT2D eigenvalue weighted by Gasteiger charge is -2.29. The second-order valence-electron chi connectivity index (χ2n) is 5.99. The monoisotopic (exact) mass is 382 g/mol. The lowest BCUT2D eigenvalue weighted by atomic mass is 9.95. The van der Waals surface area contributed by atoms with Crippen LogP contribution in [0.4, 0.5) is 4.79 Å². The van der Waals surface area contributed by atoms with Crippen molar-refractivity contribution in [1.29, 1.82) is 0 Å². The van der Waals surface area contributed by atoms with Gasteiger partial charge in [-0.05, 0) is 45.4 Å². The Bertz CT molecular complexity index is 745. The highest BCUT2D eigenvalue weighted by Crippen LogP contribution is 2.40. The van der Waals surface area contributed by atoms with E-state index in [9.17, 15) is 9.59 Å². The molecule has 8 heteroatoms. The Morgan fingerprint density at radius 1 is 1.35 bits per heavy atom. The number of hydrogen-bond acceptors (Lipinski definition) is 5. The summed E-state index contributed by atoms with van der Waals surface area (Å²) >= 11 is 6.31. The van der Waals surface area contributed by atoms with Crippen molar-refractivity contribution in [3.05, 3.63) is 34.0 Å². The zero-order valence-corrected chi connectivity index (χ0v) is 16.2. The van der Waals surface area contributed by atoms with Gasteiger partial charge in [0.25, 0.3) is 0 Å². The van der Waals surface area contributed by atoms with Crippen LogP contribution in [0.25, 0.3) is 0 Å². The minimum absolute atomic E-state index is 0.292. The maximum atomic E-state index is 12.6. The van der Waals surface area contributed by atoms with Crippen molar-refractivity contribution in [3.8, 4) is 11.5 Å². The minimum Gasteiger partial charge on any atom is -0.491 e. The molecule has 0 spiro atoms. The summed E-state index contributed by atoms with van der Waals surface area (Å²) in [5, 5.41) is 5.65. The Morgan fingerprint density at radius 3 is 2.62 bits per heavy atom. The van der Waals surface area contributed by atoms with E-state index in [2.05, 4.69) is 10.6 Å². The molecule has 1 atom stereocenters. The van der Waals surface area contributed by atoms with Crippen molar-refractivity contribution in [2.75, 3.05) is 13.7 Å². The van der Waals surface area contributed by atoms with Gasteiger partial charge in [-0.1, -0.05) is 11.6 Å². The first kappa shape index (κ1) is 19.9. The van der Waals surface area contributed by atoms with Gasteiger partial charge in [0, 0.05) is 5.70 Å². The first-order valence-electron chi connectivity index (χ1n) is 8.27. The van der Waals surface area contributed by atoms with E-state index in [0.29, 0.717) is 40.0 Å². The average molecular weight is 383 g/mol. The van der Waals surface area contributed by atoms with Gasteiger partial charge in [-0.2, -0.15) is 0 Å². The summed E-state index contributed by atoms with van der Waals surface area (Å²) in [4.78, 5) is 24.5. The van der Waals surface area contributed by atoms with Gasteiger partial charge in [0.2, 0.25) is 0 Å². The van der Waals surface area contributed by atoms with Crippen molar-refractivity contribution < 1.29 is 23.8 Å². The fraction of sp³-hybridized carbons (Fsp3) is 0.444. The largest absolute Gasteiger partial charge is 0.491 e. The molecule has 0 bridgehead atoms. The molecular weight excluding hydrogens is 360 g/mol. The highest BCUT2D eigenvalue weighted by Gasteiger charge is 2.33. The fourth-order valence-electron chi connectivity index (χ4n) is 2.71. The van der Waals surface area contributed by atoms with Crippen LogP contribution in [0.2, 0.25) is 5.02 Å². The minimum atomic E-state index is -0.724. The van der Waals surface area contributed by atoms with E-state index in [1.54, 1.807) is 32.9 Å². The third-order valence-electron chi connectivity index (χ3n) is 3.70. The van der Waals surface area contributed by atoms with Crippen LogP contribution in [0.5, 0.6) is 11.5 Å². The van der Waals surface area contributed by atoms with E-state index in [1.807, 2.05) is 6.92 Å². The van der Waals surface area contributed by atoms with E-state index in [-0.39, 0.29) is 6.10 Å². The summed E-state index contributed by atoms with van der Waals surface area (Å²) < 4.78 is 16.2. The molecule has 0 fully saturated rings. The Hall–Kier alpha value is -2.41. The maximum Gasteiger partial charge on any atom is 0.338 e. The molecule has 0 saturated heterocycles. The summed E-state index contributed by atoms with van der Waals surface area (Å²) in [5.41, 5.74) is 1.32. The van der Waals surface area contributed by atoms with Crippen LogP contribution >= 0.6 is 11.6 Å². The quantitative estimate of drug-likeness (QED) is 0.737. The predicted molar refractivity (Wildman–Crippen MR) is 97.5 cm³/mol. The second-order valence-corrected chi connectivity index (χ2v) is 6.40. The van der Waals surface area contributed by atoms with E-state index < -0.39 is 18.0 Å². The summed E-state index contributed by atoms with van der Waals surface area (Å²) in [7, 11) is 1.49. The zero-order valence-electron chi connectivity index (χ0n) is 15.4. The number of ether oxygens (including phenoxy) is 3. The van der Waals surface area contributed by atoms with E-state index >= 15 is 0 Å². The molecular formula is C18H23ClN2O5. The molecule has 1 aromatic rings. The normalized spacial score (nSPS) is 16.9. The molecule has 2 N–H and O–H groups in total. The summed E-state index contributed by atoms with van der Waals surface area (Å²) in [6.45, 7) is 7.41. The van der Waals surface area contributed by atoms with Gasteiger partial charge in [-0.25, -0.2) is 9.59 Å². The average Bonchev–Trinajstić information content (AvgIpc) is 2.53. The lowest BCUT2D eigenvalue weighted by Crippen LogP contribution is -2.45. The van der Waals surface area contributed by atoms with Gasteiger partial charge in [0.05, 0.1) is 36.5 Å². The SMILES string of the molecule is CCOc1cc(C2NC(=O)NC(C)=C2C(=O)OC(C)C)cc(Cl)c1OC. The zero-order chi connectivity index (χ0) is 19.4. The second kappa shape index (κ2) is 8.31. The van der Waals surface area contributed by atoms with Crippen LogP contribution in [-0.4, -0.2) is 31.8 Å². The number of urea groups is 1. The Labute approximate surface area is 157 Å². The lowest BCUT2D eigenvalue weighted by molar-refractivity contribution is -0.143. The summed E-state index contributed by atoms with van der Waals surface area (Å²) in [5.74, 6) is 0.309. The molecule has 1 aliphatic rings. The van der Waals surface area contributed by atoms with E-state index in [0.717, 1.165) is 0 Å². The van der Waals surface area contributed by atoms with Crippen LogP contribution in [0.1, 0.15) is 39.3 Å². The number of benzene rings is 1. The van der Waals surface area contributed by atoms with Crippen molar-refractivity contribution in [3.63, 3.8) is 0 Å². The first-order valence-corrected chi connectivity index (χ1v) is 8.65. The molecule has 1 unspecified atom stereocenters. The number of allylic oxidation sites excluding steroid dienone is 1. The van der Waals surface area contributed by atoms with Gasteiger partial charge in [0.15, 0.2) is 11.5 Å². The van der Waals surface area contributed by atoms with E-state index in [4.69, 9.17) is 25.8 Å². The number of carbonyl (C=O) groups excluding carboxylic acids is 2. The number of methoxy groups -OCH3 is 1. The van der Waals surface area contributed by atoms with Crippen LogP contribution in [-0.2, 0) is 9.53 Å². The van der Waals surface area contributed by atoms with Crippen molar-refractivity contribution in [2.45, 2.75) is 39.8 Å². The Morgan fingerprint density at radius 2 is 2.04 bits per heavy atom. The van der Waals surface area contributed by atoms with Gasteiger partial charge >= 0.3 is 12.0 Å². The standard InChI is InChI=1S/C18H23ClN2O5/c1-6-25-13-8-11(7-12(19)16(13)24-5)15-14(17(22)26-9(2)3)10(4)20-18(23)21-15/h7-9,15H,6H2,1-5H3,(H2,20,21,23). The molecule has 2 rings (SSSR count). The third-order valence-corrected chi connectivity index (χ3v) is 3.98. The number of halogens is 1. The molecule has 7 nitrogen and oxygen atoms in total. The molecule has 1 aromatic carbocycles. The van der Waals surface area contributed by atoms with Gasteiger partial charge in [-0.15, -0.1) is 0 Å². The number of amides is 2. The Kier molecular flexibility index (Phi) is 6.37. The number of esters is 1. The predicted octanol–water partition coefficient (Wildman–Crippen LogP) is 3.33. The molecule has 0 saturated carbocycles.